The van der Waals surface area contributed by atoms with Gasteiger partial charge in [0, 0.05) is 24.8 Å². The van der Waals surface area contributed by atoms with Gasteiger partial charge in [0.1, 0.15) is 5.82 Å². The molecule has 0 aliphatic carbocycles. The second-order valence-electron chi connectivity index (χ2n) is 4.34. The number of nitrogens with zero attached hydrogens (tertiary/aromatic N) is 2. The van der Waals surface area contributed by atoms with Crippen molar-refractivity contribution in [2.45, 2.75) is 46.1 Å². The van der Waals surface area contributed by atoms with E-state index in [2.05, 4.69) is 23.7 Å². The van der Waals surface area contributed by atoms with E-state index in [1.54, 1.807) is 6.20 Å². The molecule has 0 spiro atoms. The number of unbranched alkanes of at least 4 members (excludes halogenated alkanes) is 2. The van der Waals surface area contributed by atoms with Gasteiger partial charge in [0.25, 0.3) is 0 Å². The van der Waals surface area contributed by atoms with Crippen molar-refractivity contribution in [3.05, 3.63) is 23.9 Å². The second-order valence-corrected chi connectivity index (χ2v) is 4.34. The number of hydrogen-bond acceptors (Lipinski definition) is 3. The molecular formula is C14H24N2O. The van der Waals surface area contributed by atoms with Crippen LogP contribution >= 0.6 is 0 Å². The van der Waals surface area contributed by atoms with E-state index in [1.807, 2.05) is 12.1 Å². The largest absolute Gasteiger partial charge is 0.392 e. The van der Waals surface area contributed by atoms with Crippen LogP contribution in [0.4, 0.5) is 5.82 Å². The van der Waals surface area contributed by atoms with Gasteiger partial charge in [0.05, 0.1) is 6.61 Å². The van der Waals surface area contributed by atoms with Gasteiger partial charge in [-0.25, -0.2) is 4.98 Å². The minimum Gasteiger partial charge on any atom is -0.392 e. The Kier molecular flexibility index (Phi) is 6.63. The average Bonchev–Trinajstić information content (AvgIpc) is 2.39. The molecule has 0 atom stereocenters. The zero-order valence-electron chi connectivity index (χ0n) is 11.0. The van der Waals surface area contributed by atoms with E-state index in [-0.39, 0.29) is 6.61 Å². The van der Waals surface area contributed by atoms with Crippen LogP contribution in [0.25, 0.3) is 0 Å². The number of aliphatic hydroxyl groups excluding tert-OH is 1. The molecule has 0 amide bonds. The van der Waals surface area contributed by atoms with E-state index in [0.29, 0.717) is 0 Å². The number of aliphatic hydroxyl groups is 1. The molecule has 0 unspecified atom stereocenters. The van der Waals surface area contributed by atoms with E-state index in [9.17, 15) is 5.11 Å². The average molecular weight is 236 g/mol. The first kappa shape index (κ1) is 14.0. The Hall–Kier alpha value is -1.09. The number of anilines is 1. The lowest BCUT2D eigenvalue weighted by atomic mass is 10.2. The molecule has 1 rings (SSSR count). The van der Waals surface area contributed by atoms with Gasteiger partial charge in [0.2, 0.25) is 0 Å². The van der Waals surface area contributed by atoms with Crippen LogP contribution in [-0.2, 0) is 6.61 Å². The summed E-state index contributed by atoms with van der Waals surface area (Å²) >= 11 is 0. The molecule has 1 aromatic heterocycles. The van der Waals surface area contributed by atoms with Crippen molar-refractivity contribution < 1.29 is 5.11 Å². The highest BCUT2D eigenvalue weighted by atomic mass is 16.3. The third-order valence-electron chi connectivity index (χ3n) is 2.90. The Balaban J connectivity index is 2.78. The SMILES string of the molecule is CCCCN(CCCC)c1ncccc1CO. The van der Waals surface area contributed by atoms with Crippen molar-refractivity contribution in [1.29, 1.82) is 0 Å². The van der Waals surface area contributed by atoms with Gasteiger partial charge in [-0.2, -0.15) is 0 Å². The van der Waals surface area contributed by atoms with Gasteiger partial charge < -0.3 is 10.0 Å². The smallest absolute Gasteiger partial charge is 0.134 e. The Morgan fingerprint density at radius 2 is 1.82 bits per heavy atom. The molecule has 0 aliphatic rings. The molecule has 0 saturated carbocycles. The quantitative estimate of drug-likeness (QED) is 0.754. The third-order valence-corrected chi connectivity index (χ3v) is 2.90. The van der Waals surface area contributed by atoms with Crippen molar-refractivity contribution in [2.24, 2.45) is 0 Å². The summed E-state index contributed by atoms with van der Waals surface area (Å²) < 4.78 is 0. The molecule has 0 saturated heterocycles. The molecule has 3 heteroatoms. The minimum atomic E-state index is 0.0674. The first-order valence-electron chi connectivity index (χ1n) is 6.63. The fraction of sp³-hybridized carbons (Fsp3) is 0.643. The number of rotatable bonds is 8. The summed E-state index contributed by atoms with van der Waals surface area (Å²) in [6, 6.07) is 3.83. The standard InChI is InChI=1S/C14H24N2O/c1-3-5-10-16(11-6-4-2)14-13(12-17)8-7-9-15-14/h7-9,17H,3-6,10-12H2,1-2H3. The predicted octanol–water partition coefficient (Wildman–Crippen LogP) is 2.98. The van der Waals surface area contributed by atoms with Gasteiger partial charge in [-0.1, -0.05) is 32.8 Å². The van der Waals surface area contributed by atoms with Crippen molar-refractivity contribution in [1.82, 2.24) is 4.98 Å². The normalized spacial score (nSPS) is 10.5. The summed E-state index contributed by atoms with van der Waals surface area (Å²) in [7, 11) is 0. The molecule has 0 aromatic carbocycles. The number of hydrogen-bond donors (Lipinski definition) is 1. The van der Waals surface area contributed by atoms with E-state index >= 15 is 0 Å². The van der Waals surface area contributed by atoms with Crippen LogP contribution in [0.2, 0.25) is 0 Å². The Morgan fingerprint density at radius 3 is 2.35 bits per heavy atom. The fourth-order valence-corrected chi connectivity index (χ4v) is 1.86. The molecule has 3 nitrogen and oxygen atoms in total. The summed E-state index contributed by atoms with van der Waals surface area (Å²) in [5, 5.41) is 9.35. The molecule has 17 heavy (non-hydrogen) atoms. The highest BCUT2D eigenvalue weighted by Crippen LogP contribution is 2.18. The second kappa shape index (κ2) is 8.07. The molecule has 0 fully saturated rings. The number of pyridine rings is 1. The van der Waals surface area contributed by atoms with Crippen LogP contribution in [0.1, 0.15) is 45.1 Å². The molecule has 0 bridgehead atoms. The van der Waals surface area contributed by atoms with E-state index in [1.165, 1.54) is 25.7 Å². The lowest BCUT2D eigenvalue weighted by Crippen LogP contribution is -2.27. The molecule has 1 N–H and O–H groups in total. The highest BCUT2D eigenvalue weighted by Gasteiger charge is 2.10. The van der Waals surface area contributed by atoms with Crippen LogP contribution in [0.5, 0.6) is 0 Å². The van der Waals surface area contributed by atoms with Gasteiger partial charge in [-0.15, -0.1) is 0 Å². The maximum Gasteiger partial charge on any atom is 0.134 e. The zero-order valence-corrected chi connectivity index (χ0v) is 11.0. The zero-order chi connectivity index (χ0) is 12.5. The first-order chi connectivity index (χ1) is 8.33. The lowest BCUT2D eigenvalue weighted by molar-refractivity contribution is 0.281. The Bertz CT molecular complexity index is 307. The van der Waals surface area contributed by atoms with Crippen LogP contribution < -0.4 is 4.90 Å². The van der Waals surface area contributed by atoms with E-state index in [4.69, 9.17) is 0 Å². The summed E-state index contributed by atoms with van der Waals surface area (Å²) in [5.74, 6) is 0.955. The fourth-order valence-electron chi connectivity index (χ4n) is 1.86. The first-order valence-corrected chi connectivity index (χ1v) is 6.63. The van der Waals surface area contributed by atoms with E-state index < -0.39 is 0 Å². The predicted molar refractivity (Wildman–Crippen MR) is 72.2 cm³/mol. The summed E-state index contributed by atoms with van der Waals surface area (Å²) in [6.45, 7) is 6.52. The lowest BCUT2D eigenvalue weighted by Gasteiger charge is -2.25. The van der Waals surface area contributed by atoms with Crippen LogP contribution in [-0.4, -0.2) is 23.2 Å². The van der Waals surface area contributed by atoms with Crippen molar-refractivity contribution in [3.8, 4) is 0 Å². The molecule has 1 heterocycles. The van der Waals surface area contributed by atoms with Crippen LogP contribution in [0.3, 0.4) is 0 Å². The molecule has 0 radical (unpaired) electrons. The van der Waals surface area contributed by atoms with Gasteiger partial charge in [0.15, 0.2) is 0 Å². The minimum absolute atomic E-state index is 0.0674. The summed E-state index contributed by atoms with van der Waals surface area (Å²) in [4.78, 5) is 6.73. The molecule has 0 aliphatic heterocycles. The maximum absolute atomic E-state index is 9.35. The highest BCUT2D eigenvalue weighted by molar-refractivity contribution is 5.46. The summed E-state index contributed by atoms with van der Waals surface area (Å²) in [5.41, 5.74) is 0.930. The van der Waals surface area contributed by atoms with Crippen LogP contribution in [0, 0.1) is 0 Å². The molecule has 1 aromatic rings. The Morgan fingerprint density at radius 1 is 1.18 bits per heavy atom. The molecule has 96 valence electrons. The van der Waals surface area contributed by atoms with Gasteiger partial charge >= 0.3 is 0 Å². The van der Waals surface area contributed by atoms with Gasteiger partial charge in [-0.05, 0) is 18.9 Å². The topological polar surface area (TPSA) is 36.4 Å². The van der Waals surface area contributed by atoms with E-state index in [0.717, 1.165) is 24.5 Å². The summed E-state index contributed by atoms with van der Waals surface area (Å²) in [6.07, 6.45) is 6.52. The van der Waals surface area contributed by atoms with Crippen molar-refractivity contribution in [2.75, 3.05) is 18.0 Å². The number of aromatic nitrogens is 1. The van der Waals surface area contributed by atoms with Crippen LogP contribution in [0.15, 0.2) is 18.3 Å². The Labute approximate surface area is 104 Å². The van der Waals surface area contributed by atoms with Crippen molar-refractivity contribution >= 4 is 5.82 Å². The third kappa shape index (κ3) is 4.35. The maximum atomic E-state index is 9.35. The van der Waals surface area contributed by atoms with Crippen molar-refractivity contribution in [3.63, 3.8) is 0 Å². The monoisotopic (exact) mass is 236 g/mol. The molecular weight excluding hydrogens is 212 g/mol. The van der Waals surface area contributed by atoms with Gasteiger partial charge in [-0.3, -0.25) is 0 Å².